The van der Waals surface area contributed by atoms with E-state index in [1.807, 2.05) is 66.8 Å². The lowest BCUT2D eigenvalue weighted by atomic mass is 10.1. The van der Waals surface area contributed by atoms with Crippen LogP contribution in [0, 0.1) is 0 Å². The van der Waals surface area contributed by atoms with E-state index >= 15 is 0 Å². The van der Waals surface area contributed by atoms with Crippen molar-refractivity contribution in [2.75, 3.05) is 13.2 Å². The molecule has 0 amide bonds. The number of unbranched alkanes of at least 4 members (excludes halogenated alkanes) is 16. The number of ether oxygens (including phenoxy) is 3. The fourth-order valence-electron chi connectivity index (χ4n) is 6.17. The Kier molecular flexibility index (Phi) is 46.7. The highest BCUT2D eigenvalue weighted by molar-refractivity contribution is 5.72. The van der Waals surface area contributed by atoms with Crippen LogP contribution >= 0.6 is 0 Å². The van der Waals surface area contributed by atoms with Gasteiger partial charge < -0.3 is 14.2 Å². The van der Waals surface area contributed by atoms with Gasteiger partial charge in [0.25, 0.3) is 0 Å². The Morgan fingerprint density at radius 3 is 1.27 bits per heavy atom. The Hall–Kier alpha value is -4.45. The molecule has 63 heavy (non-hydrogen) atoms. The molecular formula is C57H88O6. The quantitative estimate of drug-likeness (QED) is 0.0200. The number of hydrogen-bond donors (Lipinski definition) is 0. The second-order valence-electron chi connectivity index (χ2n) is 15.8. The van der Waals surface area contributed by atoms with Crippen molar-refractivity contribution in [1.29, 1.82) is 0 Å². The number of allylic oxidation sites excluding steroid dienone is 21. The lowest BCUT2D eigenvalue weighted by molar-refractivity contribution is -0.166. The van der Waals surface area contributed by atoms with Gasteiger partial charge >= 0.3 is 17.9 Å². The summed E-state index contributed by atoms with van der Waals surface area (Å²) in [6.07, 6.45) is 70.4. The third kappa shape index (κ3) is 48.4. The summed E-state index contributed by atoms with van der Waals surface area (Å²) in [4.78, 5) is 37.8. The van der Waals surface area contributed by atoms with Crippen molar-refractivity contribution in [2.45, 2.75) is 194 Å². The summed E-state index contributed by atoms with van der Waals surface area (Å²) in [5.41, 5.74) is 0. The first-order valence-corrected chi connectivity index (χ1v) is 24.8. The molecule has 0 aromatic heterocycles. The summed E-state index contributed by atoms with van der Waals surface area (Å²) in [6.45, 7) is 6.18. The van der Waals surface area contributed by atoms with E-state index in [0.717, 1.165) is 64.2 Å². The van der Waals surface area contributed by atoms with E-state index in [1.54, 1.807) is 6.08 Å². The van der Waals surface area contributed by atoms with E-state index in [0.29, 0.717) is 12.8 Å². The topological polar surface area (TPSA) is 78.9 Å². The molecule has 1 unspecified atom stereocenters. The maximum atomic E-state index is 12.7. The van der Waals surface area contributed by atoms with Gasteiger partial charge in [0.1, 0.15) is 13.2 Å². The van der Waals surface area contributed by atoms with Crippen LogP contribution in [0.15, 0.2) is 134 Å². The monoisotopic (exact) mass is 869 g/mol. The second-order valence-corrected chi connectivity index (χ2v) is 15.8. The minimum atomic E-state index is -0.842. The normalized spacial score (nSPS) is 13.3. The molecular weight excluding hydrogens is 781 g/mol. The molecule has 0 aliphatic heterocycles. The summed E-state index contributed by atoms with van der Waals surface area (Å²) >= 11 is 0. The van der Waals surface area contributed by atoms with Gasteiger partial charge in [-0.15, -0.1) is 0 Å². The number of rotatable bonds is 42. The van der Waals surface area contributed by atoms with Crippen LogP contribution in [0.3, 0.4) is 0 Å². The Balaban J connectivity index is 4.48. The molecule has 0 aromatic rings. The van der Waals surface area contributed by atoms with Gasteiger partial charge in [-0.05, 0) is 77.0 Å². The maximum absolute atomic E-state index is 12.7. The van der Waals surface area contributed by atoms with Gasteiger partial charge in [0.05, 0.1) is 6.42 Å². The number of esters is 3. The van der Waals surface area contributed by atoms with Gasteiger partial charge in [-0.1, -0.05) is 225 Å². The van der Waals surface area contributed by atoms with E-state index in [1.165, 1.54) is 77.0 Å². The zero-order valence-corrected chi connectivity index (χ0v) is 40.0. The maximum Gasteiger partial charge on any atom is 0.309 e. The van der Waals surface area contributed by atoms with Crippen LogP contribution in [0.5, 0.6) is 0 Å². The fraction of sp³-hybridized carbons (Fsp3) is 0.561. The van der Waals surface area contributed by atoms with Gasteiger partial charge in [-0.25, -0.2) is 0 Å². The smallest absolute Gasteiger partial charge is 0.309 e. The molecule has 0 heterocycles. The van der Waals surface area contributed by atoms with E-state index in [9.17, 15) is 14.4 Å². The first-order valence-electron chi connectivity index (χ1n) is 24.8. The molecule has 352 valence electrons. The lowest BCUT2D eigenvalue weighted by Gasteiger charge is -2.18. The molecule has 0 radical (unpaired) electrons. The second kappa shape index (κ2) is 50.2. The van der Waals surface area contributed by atoms with E-state index in [2.05, 4.69) is 81.5 Å². The lowest BCUT2D eigenvalue weighted by Crippen LogP contribution is -2.30. The largest absolute Gasteiger partial charge is 0.462 e. The van der Waals surface area contributed by atoms with Gasteiger partial charge in [0, 0.05) is 12.8 Å². The fourth-order valence-corrected chi connectivity index (χ4v) is 6.17. The summed E-state index contributed by atoms with van der Waals surface area (Å²) in [6, 6.07) is 0. The molecule has 1 atom stereocenters. The number of carbonyl (C=O) groups is 3. The predicted molar refractivity (Wildman–Crippen MR) is 269 cm³/mol. The zero-order chi connectivity index (χ0) is 45.8. The Labute approximate surface area is 385 Å². The first-order chi connectivity index (χ1) is 31.0. The van der Waals surface area contributed by atoms with Gasteiger partial charge in [-0.3, -0.25) is 14.4 Å². The molecule has 0 saturated carbocycles. The highest BCUT2D eigenvalue weighted by Gasteiger charge is 2.19. The van der Waals surface area contributed by atoms with E-state index in [4.69, 9.17) is 14.2 Å². The SMILES string of the molecule is CC\C=C/C=C\C=C/C=C\C=C\C=C/CCCCCC(=O)OC(COC(=O)C/C=C\C/C=C\C/C=C\CC)COC(=O)CCCCCCCCCCCC/C=C\C=C/CCCCC. The molecule has 0 N–H and O–H groups in total. The summed E-state index contributed by atoms with van der Waals surface area (Å²) < 4.78 is 16.6. The van der Waals surface area contributed by atoms with Crippen LogP contribution in [0.4, 0.5) is 0 Å². The van der Waals surface area contributed by atoms with Crippen molar-refractivity contribution in [3.8, 4) is 0 Å². The van der Waals surface area contributed by atoms with Crippen LogP contribution in [-0.4, -0.2) is 37.2 Å². The predicted octanol–water partition coefficient (Wildman–Crippen LogP) is 16.3. The third-order valence-electron chi connectivity index (χ3n) is 9.84. The number of hydrogen-bond acceptors (Lipinski definition) is 6. The van der Waals surface area contributed by atoms with Gasteiger partial charge in [-0.2, -0.15) is 0 Å². The molecule has 0 saturated heterocycles. The molecule has 6 nitrogen and oxygen atoms in total. The highest BCUT2D eigenvalue weighted by Crippen LogP contribution is 2.13. The molecule has 0 aromatic carbocycles. The van der Waals surface area contributed by atoms with Crippen LogP contribution < -0.4 is 0 Å². The van der Waals surface area contributed by atoms with Gasteiger partial charge in [0.15, 0.2) is 6.10 Å². The molecule has 0 aliphatic rings. The highest BCUT2D eigenvalue weighted by atomic mass is 16.6. The molecule has 6 heteroatoms. The third-order valence-corrected chi connectivity index (χ3v) is 9.84. The van der Waals surface area contributed by atoms with E-state index < -0.39 is 12.1 Å². The average molecular weight is 869 g/mol. The molecule has 0 rings (SSSR count). The number of carbonyl (C=O) groups excluding carboxylic acids is 3. The Bertz CT molecular complexity index is 1420. The summed E-state index contributed by atoms with van der Waals surface area (Å²) in [7, 11) is 0. The van der Waals surface area contributed by atoms with Crippen LogP contribution in [0.1, 0.15) is 188 Å². The molecule has 0 aliphatic carbocycles. The van der Waals surface area contributed by atoms with Crippen molar-refractivity contribution >= 4 is 17.9 Å². The molecule has 0 fully saturated rings. The average Bonchev–Trinajstić information content (AvgIpc) is 3.28. The molecule has 0 spiro atoms. The van der Waals surface area contributed by atoms with Crippen LogP contribution in [0.25, 0.3) is 0 Å². The van der Waals surface area contributed by atoms with Crippen molar-refractivity contribution in [3.05, 3.63) is 134 Å². The Morgan fingerprint density at radius 1 is 0.365 bits per heavy atom. The van der Waals surface area contributed by atoms with Crippen molar-refractivity contribution in [2.24, 2.45) is 0 Å². The van der Waals surface area contributed by atoms with Crippen LogP contribution in [0.2, 0.25) is 0 Å². The summed E-state index contributed by atoms with van der Waals surface area (Å²) in [5, 5.41) is 0. The standard InChI is InChI=1S/C57H88O6/c1-4-7-10-13-16-19-21-23-25-27-28-30-31-33-35-38-41-44-47-50-56(59)62-53-54(52-61-55(58)49-46-43-40-37-18-15-12-9-6-3)63-57(60)51-48-45-42-39-36-34-32-29-26-24-22-20-17-14-11-8-5-2/h8-9,11-12,14,16-24,26,29,32,34,36-37,43,46,54H,4-7,10,13,15,25,27-28,30-31,33,35,38-42,44-45,47-53H2,1-3H3/b11-8-,12-9-,17-14-,19-16-,22-20-,23-21-,26-24-,32-29+,36-34-,37-18-,46-43-. The summed E-state index contributed by atoms with van der Waals surface area (Å²) in [5.74, 6) is -1.12. The van der Waals surface area contributed by atoms with Crippen molar-refractivity contribution < 1.29 is 28.6 Å². The first kappa shape index (κ1) is 58.6. The zero-order valence-electron chi connectivity index (χ0n) is 40.0. The Morgan fingerprint density at radius 2 is 0.746 bits per heavy atom. The van der Waals surface area contributed by atoms with Gasteiger partial charge in [0.2, 0.25) is 0 Å². The van der Waals surface area contributed by atoms with Crippen molar-refractivity contribution in [1.82, 2.24) is 0 Å². The van der Waals surface area contributed by atoms with Crippen molar-refractivity contribution in [3.63, 3.8) is 0 Å². The van der Waals surface area contributed by atoms with Crippen LogP contribution in [-0.2, 0) is 28.6 Å². The minimum Gasteiger partial charge on any atom is -0.462 e. The minimum absolute atomic E-state index is 0.118. The van der Waals surface area contributed by atoms with E-state index in [-0.39, 0.29) is 38.0 Å². The molecule has 0 bridgehead atoms.